The second-order valence-electron chi connectivity index (χ2n) is 8.02. The lowest BCUT2D eigenvalue weighted by Crippen LogP contribution is -2.49. The van der Waals surface area contributed by atoms with Gasteiger partial charge in [0.2, 0.25) is 0 Å². The minimum atomic E-state index is -3.00. The number of amides is 1. The summed E-state index contributed by atoms with van der Waals surface area (Å²) in [5.41, 5.74) is 1.15. The number of thioether (sulfide) groups is 1. The third-order valence-electron chi connectivity index (χ3n) is 5.81. The van der Waals surface area contributed by atoms with Crippen LogP contribution in [0.15, 0.2) is 47.6 Å². The van der Waals surface area contributed by atoms with Gasteiger partial charge in [0, 0.05) is 43.2 Å². The average molecular weight is 492 g/mol. The van der Waals surface area contributed by atoms with E-state index in [1.807, 2.05) is 23.1 Å². The van der Waals surface area contributed by atoms with Crippen LogP contribution in [0, 0.1) is 0 Å². The molecule has 0 radical (unpaired) electrons. The molecule has 1 N–H and O–H groups in total. The van der Waals surface area contributed by atoms with Gasteiger partial charge >= 0.3 is 0 Å². The van der Waals surface area contributed by atoms with Crippen molar-refractivity contribution in [1.82, 2.24) is 9.88 Å². The Labute approximate surface area is 196 Å². The Hall–Kier alpha value is -2.30. The molecule has 2 saturated heterocycles. The summed E-state index contributed by atoms with van der Waals surface area (Å²) in [5, 5.41) is 4.26. The van der Waals surface area contributed by atoms with Crippen LogP contribution in [0.25, 0.3) is 0 Å². The molecule has 2 aromatic rings. The van der Waals surface area contributed by atoms with E-state index >= 15 is 0 Å². The van der Waals surface area contributed by atoms with Gasteiger partial charge in [0.05, 0.1) is 28.3 Å². The Morgan fingerprint density at radius 3 is 2.66 bits per heavy atom. The fraction of sp³-hybridized carbons (Fsp3) is 0.381. The molecule has 3 aliphatic rings. The summed E-state index contributed by atoms with van der Waals surface area (Å²) < 4.78 is 23.5. The van der Waals surface area contributed by atoms with Gasteiger partial charge in [-0.2, -0.15) is 0 Å². The van der Waals surface area contributed by atoms with Crippen LogP contribution < -0.4 is 10.2 Å². The Bertz CT molecular complexity index is 1170. The monoisotopic (exact) mass is 491 g/mol. The third-order valence-corrected chi connectivity index (χ3v) is 9.28. The van der Waals surface area contributed by atoms with Gasteiger partial charge in [0.1, 0.15) is 5.82 Å². The van der Waals surface area contributed by atoms with Crippen LogP contribution in [0.5, 0.6) is 0 Å². The van der Waals surface area contributed by atoms with Gasteiger partial charge in [-0.05, 0) is 30.3 Å². The molecule has 0 unspecified atom stereocenters. The van der Waals surface area contributed by atoms with Crippen LogP contribution in [0.2, 0.25) is 5.02 Å². The fourth-order valence-electron chi connectivity index (χ4n) is 4.15. The van der Waals surface area contributed by atoms with E-state index < -0.39 is 9.84 Å². The van der Waals surface area contributed by atoms with Gasteiger partial charge in [0.25, 0.3) is 5.91 Å². The van der Waals surface area contributed by atoms with Crippen LogP contribution in [0.3, 0.4) is 0 Å². The molecule has 1 amide bonds. The number of pyridine rings is 1. The highest BCUT2D eigenvalue weighted by Gasteiger charge is 2.42. The predicted octanol–water partition coefficient (Wildman–Crippen LogP) is 2.38. The zero-order chi connectivity index (χ0) is 22.3. The number of nitrogens with one attached hydrogen (secondary N) is 1. The zero-order valence-corrected chi connectivity index (χ0v) is 19.5. The normalized spacial score (nSPS) is 24.2. The number of sulfone groups is 1. The van der Waals surface area contributed by atoms with Gasteiger partial charge < -0.3 is 15.1 Å². The Morgan fingerprint density at radius 2 is 1.94 bits per heavy atom. The number of halogens is 1. The minimum absolute atomic E-state index is 0.0469. The largest absolute Gasteiger partial charge is 0.353 e. The number of aromatic nitrogens is 1. The Balaban J connectivity index is 1.25. The first-order chi connectivity index (χ1) is 15.4. The average Bonchev–Trinajstić information content (AvgIpc) is 3.28. The van der Waals surface area contributed by atoms with Crippen molar-refractivity contribution in [3.8, 4) is 0 Å². The Morgan fingerprint density at radius 1 is 1.12 bits per heavy atom. The van der Waals surface area contributed by atoms with Crippen LogP contribution in [-0.2, 0) is 9.84 Å². The zero-order valence-electron chi connectivity index (χ0n) is 17.1. The van der Waals surface area contributed by atoms with Crippen LogP contribution in [0.4, 0.5) is 11.5 Å². The maximum Gasteiger partial charge on any atom is 0.254 e. The maximum absolute atomic E-state index is 13.1. The Kier molecular flexibility index (Phi) is 5.77. The van der Waals surface area contributed by atoms with Crippen molar-refractivity contribution in [1.29, 1.82) is 0 Å². The van der Waals surface area contributed by atoms with Crippen molar-refractivity contribution in [3.63, 3.8) is 0 Å². The van der Waals surface area contributed by atoms with Gasteiger partial charge in [-0.25, -0.2) is 13.4 Å². The minimum Gasteiger partial charge on any atom is -0.353 e. The highest BCUT2D eigenvalue weighted by atomic mass is 35.5. The van der Waals surface area contributed by atoms with Crippen molar-refractivity contribution >= 4 is 55.8 Å². The van der Waals surface area contributed by atoms with Crippen LogP contribution in [-0.4, -0.2) is 78.4 Å². The van der Waals surface area contributed by atoms with E-state index in [1.54, 1.807) is 24.4 Å². The molecular formula is C21H22ClN5O3S2. The van der Waals surface area contributed by atoms with E-state index in [4.69, 9.17) is 11.6 Å². The van der Waals surface area contributed by atoms with Crippen LogP contribution >= 0.6 is 23.4 Å². The molecule has 8 nitrogen and oxygen atoms in total. The molecule has 3 aliphatic heterocycles. The molecule has 168 valence electrons. The summed E-state index contributed by atoms with van der Waals surface area (Å²) in [7, 11) is -3.00. The summed E-state index contributed by atoms with van der Waals surface area (Å²) in [4.78, 5) is 26.0. The van der Waals surface area contributed by atoms with E-state index in [0.717, 1.165) is 18.9 Å². The smallest absolute Gasteiger partial charge is 0.254 e. The SMILES string of the molecule is O=C(c1ccc(Cl)c(NC2=N[C@H]3CS(=O)(=O)C[C@H]3S2)c1)N1CCN(c2ccccn2)CC1. The molecule has 5 rings (SSSR count). The van der Waals surface area contributed by atoms with E-state index in [1.165, 1.54) is 11.8 Å². The van der Waals surface area contributed by atoms with Crippen molar-refractivity contribution < 1.29 is 13.2 Å². The summed E-state index contributed by atoms with van der Waals surface area (Å²) in [6.07, 6.45) is 1.77. The standard InChI is InChI=1S/C21H22ClN5O3S2/c22-15-5-4-14(11-16(15)24-21-25-17-12-32(29,30)13-18(17)31-21)20(28)27-9-7-26(8-10-27)19-3-1-2-6-23-19/h1-6,11,17-18H,7-10,12-13H2,(H,24,25)/t17-,18+/m0/s1. The quantitative estimate of drug-likeness (QED) is 0.704. The molecule has 1 aromatic heterocycles. The lowest BCUT2D eigenvalue weighted by molar-refractivity contribution is 0.0746. The number of amidine groups is 1. The first-order valence-electron chi connectivity index (χ1n) is 10.3. The molecule has 0 aliphatic carbocycles. The number of fused-ring (bicyclic) bond motifs is 1. The topological polar surface area (TPSA) is 95.0 Å². The molecule has 1 aromatic carbocycles. The number of rotatable bonds is 3. The van der Waals surface area contributed by atoms with Gasteiger partial charge in [-0.15, -0.1) is 0 Å². The molecule has 2 atom stereocenters. The van der Waals surface area contributed by atoms with Gasteiger partial charge in [-0.3, -0.25) is 9.79 Å². The van der Waals surface area contributed by atoms with Gasteiger partial charge in [-0.1, -0.05) is 29.4 Å². The number of nitrogens with zero attached hydrogens (tertiary/aromatic N) is 4. The molecule has 0 spiro atoms. The summed E-state index contributed by atoms with van der Waals surface area (Å²) >= 11 is 7.78. The van der Waals surface area contributed by atoms with E-state index in [9.17, 15) is 13.2 Å². The first kappa shape index (κ1) is 21.5. The van der Waals surface area contributed by atoms with Gasteiger partial charge in [0.15, 0.2) is 15.0 Å². The van der Waals surface area contributed by atoms with Crippen LogP contribution in [0.1, 0.15) is 10.4 Å². The molecule has 32 heavy (non-hydrogen) atoms. The van der Waals surface area contributed by atoms with Crippen molar-refractivity contribution in [2.24, 2.45) is 4.99 Å². The third kappa shape index (κ3) is 4.44. The molecule has 0 saturated carbocycles. The maximum atomic E-state index is 13.1. The lowest BCUT2D eigenvalue weighted by Gasteiger charge is -2.35. The van der Waals surface area contributed by atoms with Crippen molar-refractivity contribution in [3.05, 3.63) is 53.2 Å². The molecule has 4 heterocycles. The number of hydrogen-bond acceptors (Lipinski definition) is 8. The number of carbonyl (C=O) groups is 1. The number of carbonyl (C=O) groups excluding carboxylic acids is 1. The van der Waals surface area contributed by atoms with Crippen molar-refractivity contribution in [2.75, 3.05) is 47.9 Å². The van der Waals surface area contributed by atoms with E-state index in [2.05, 4.69) is 20.2 Å². The lowest BCUT2D eigenvalue weighted by atomic mass is 10.1. The second kappa shape index (κ2) is 8.57. The summed E-state index contributed by atoms with van der Waals surface area (Å²) in [5.74, 6) is 1.11. The molecule has 2 fully saturated rings. The fourth-order valence-corrected chi connectivity index (χ4v) is 7.98. The highest BCUT2D eigenvalue weighted by Crippen LogP contribution is 2.35. The molecule has 11 heteroatoms. The number of hydrogen-bond donors (Lipinski definition) is 1. The number of benzene rings is 1. The van der Waals surface area contributed by atoms with Crippen molar-refractivity contribution in [2.45, 2.75) is 11.3 Å². The van der Waals surface area contributed by atoms with E-state index in [0.29, 0.717) is 34.5 Å². The number of piperazine rings is 1. The molecule has 0 bridgehead atoms. The predicted molar refractivity (Wildman–Crippen MR) is 129 cm³/mol. The second-order valence-corrected chi connectivity index (χ2v) is 11.8. The number of aliphatic imine (C=N–C) groups is 1. The highest BCUT2D eigenvalue weighted by molar-refractivity contribution is 8.15. The number of anilines is 2. The molecular weight excluding hydrogens is 470 g/mol. The first-order valence-corrected chi connectivity index (χ1v) is 13.4. The summed E-state index contributed by atoms with van der Waals surface area (Å²) in [6.45, 7) is 2.67. The summed E-state index contributed by atoms with van der Waals surface area (Å²) in [6, 6.07) is 10.8. The van der Waals surface area contributed by atoms with E-state index in [-0.39, 0.29) is 28.7 Å².